The third-order valence-electron chi connectivity index (χ3n) is 5.13. The average Bonchev–Trinajstić information content (AvgIpc) is 3.44. The zero-order valence-corrected chi connectivity index (χ0v) is 16.3. The quantitative estimate of drug-likeness (QED) is 0.471. The smallest absolute Gasteiger partial charge is 0.238 e. The molecular formula is C21H21N7O2. The summed E-state index contributed by atoms with van der Waals surface area (Å²) in [5.74, 6) is 0.598. The van der Waals surface area contributed by atoms with Crippen LogP contribution in [-0.4, -0.2) is 69.0 Å². The van der Waals surface area contributed by atoms with Crippen molar-refractivity contribution in [2.24, 2.45) is 0 Å². The summed E-state index contributed by atoms with van der Waals surface area (Å²) in [7, 11) is 0. The van der Waals surface area contributed by atoms with E-state index in [-0.39, 0.29) is 5.91 Å². The first-order chi connectivity index (χ1) is 14.8. The van der Waals surface area contributed by atoms with Crippen molar-refractivity contribution in [3.8, 4) is 22.6 Å². The molecule has 2 aromatic carbocycles. The van der Waals surface area contributed by atoms with Gasteiger partial charge in [-0.05, 0) is 30.3 Å². The second-order valence-corrected chi connectivity index (χ2v) is 7.17. The van der Waals surface area contributed by atoms with E-state index in [2.05, 4.69) is 35.6 Å². The molecule has 0 radical (unpaired) electrons. The number of ether oxygens (including phenoxy) is 1. The molecule has 0 aliphatic carbocycles. The maximum Gasteiger partial charge on any atom is 0.238 e. The Hall–Kier alpha value is -3.56. The van der Waals surface area contributed by atoms with Crippen LogP contribution in [0.2, 0.25) is 0 Å². The molecule has 1 aliphatic heterocycles. The Morgan fingerprint density at radius 3 is 2.83 bits per heavy atom. The maximum atomic E-state index is 12.4. The number of aromatic nitrogens is 5. The van der Waals surface area contributed by atoms with Gasteiger partial charge in [0.1, 0.15) is 6.33 Å². The van der Waals surface area contributed by atoms with Crippen molar-refractivity contribution >= 4 is 22.5 Å². The maximum absolute atomic E-state index is 12.4. The van der Waals surface area contributed by atoms with Gasteiger partial charge in [-0.3, -0.25) is 19.9 Å². The molecule has 9 nitrogen and oxygen atoms in total. The average molecular weight is 403 g/mol. The Labute approximate surface area is 172 Å². The lowest BCUT2D eigenvalue weighted by Gasteiger charge is -2.25. The van der Waals surface area contributed by atoms with E-state index >= 15 is 0 Å². The third kappa shape index (κ3) is 3.80. The topological polar surface area (TPSA) is 112 Å². The number of hydrogen-bond acceptors (Lipinski definition) is 6. The van der Waals surface area contributed by atoms with Gasteiger partial charge in [0.25, 0.3) is 0 Å². The van der Waals surface area contributed by atoms with E-state index in [1.54, 1.807) is 6.33 Å². The fourth-order valence-corrected chi connectivity index (χ4v) is 3.63. The molecule has 1 amide bonds. The number of nitrogens with one attached hydrogen (secondary N) is 3. The zero-order valence-electron chi connectivity index (χ0n) is 16.3. The number of rotatable bonds is 5. The monoisotopic (exact) mass is 403 g/mol. The number of benzene rings is 2. The van der Waals surface area contributed by atoms with Gasteiger partial charge in [-0.2, -0.15) is 10.2 Å². The molecule has 1 saturated heterocycles. The van der Waals surface area contributed by atoms with Crippen LogP contribution in [0.4, 0.5) is 5.69 Å². The van der Waals surface area contributed by atoms with Crippen LogP contribution in [0, 0.1) is 0 Å². The largest absolute Gasteiger partial charge is 0.379 e. The lowest BCUT2D eigenvalue weighted by molar-refractivity contribution is -0.118. The Kier molecular flexibility index (Phi) is 4.96. The van der Waals surface area contributed by atoms with E-state index in [4.69, 9.17) is 4.74 Å². The number of carbonyl (C=O) groups is 1. The first-order valence-electron chi connectivity index (χ1n) is 9.81. The molecule has 0 unspecified atom stereocenters. The molecule has 0 spiro atoms. The first kappa shape index (κ1) is 18.5. The summed E-state index contributed by atoms with van der Waals surface area (Å²) in [6.07, 6.45) is 1.55. The minimum Gasteiger partial charge on any atom is -0.379 e. The first-order valence-corrected chi connectivity index (χ1v) is 9.81. The molecule has 3 N–H and O–H groups in total. The van der Waals surface area contributed by atoms with Crippen molar-refractivity contribution in [3.05, 3.63) is 48.8 Å². The highest BCUT2D eigenvalue weighted by Gasteiger charge is 2.15. The normalized spacial score (nSPS) is 14.8. The zero-order chi connectivity index (χ0) is 20.3. The van der Waals surface area contributed by atoms with E-state index in [0.717, 1.165) is 46.5 Å². The van der Waals surface area contributed by atoms with Crippen LogP contribution in [0.15, 0.2) is 48.8 Å². The fraction of sp³-hybridized carbons (Fsp3) is 0.238. The molecule has 30 heavy (non-hydrogen) atoms. The van der Waals surface area contributed by atoms with E-state index in [9.17, 15) is 4.79 Å². The highest BCUT2D eigenvalue weighted by molar-refractivity contribution is 5.97. The number of hydrogen-bond donors (Lipinski definition) is 3. The van der Waals surface area contributed by atoms with Gasteiger partial charge in [-0.15, -0.1) is 0 Å². The lowest BCUT2D eigenvalue weighted by Crippen LogP contribution is -2.41. The molecular weight excluding hydrogens is 382 g/mol. The Morgan fingerprint density at radius 2 is 2.00 bits per heavy atom. The van der Waals surface area contributed by atoms with E-state index < -0.39 is 0 Å². The summed E-state index contributed by atoms with van der Waals surface area (Å²) in [6, 6.07) is 13.6. The van der Waals surface area contributed by atoms with Crippen molar-refractivity contribution in [1.82, 2.24) is 30.3 Å². The van der Waals surface area contributed by atoms with Gasteiger partial charge in [0, 0.05) is 35.3 Å². The van der Waals surface area contributed by atoms with Crippen LogP contribution in [0.5, 0.6) is 0 Å². The number of H-pyrrole nitrogens is 2. The molecule has 1 aliphatic rings. The summed E-state index contributed by atoms with van der Waals surface area (Å²) < 4.78 is 5.33. The number of fused-ring (bicyclic) bond motifs is 1. The van der Waals surface area contributed by atoms with Gasteiger partial charge >= 0.3 is 0 Å². The summed E-state index contributed by atoms with van der Waals surface area (Å²) in [6.45, 7) is 3.26. The minimum atomic E-state index is -0.0344. The molecule has 0 saturated carbocycles. The predicted octanol–water partition coefficient (Wildman–Crippen LogP) is 2.29. The van der Waals surface area contributed by atoms with Crippen molar-refractivity contribution in [2.75, 3.05) is 38.2 Å². The van der Waals surface area contributed by atoms with Crippen LogP contribution >= 0.6 is 0 Å². The van der Waals surface area contributed by atoms with Crippen molar-refractivity contribution in [2.45, 2.75) is 0 Å². The molecule has 152 valence electrons. The van der Waals surface area contributed by atoms with Gasteiger partial charge in [0.05, 0.1) is 31.0 Å². The Morgan fingerprint density at radius 1 is 1.10 bits per heavy atom. The number of aromatic amines is 2. The fourth-order valence-electron chi connectivity index (χ4n) is 3.63. The molecule has 1 fully saturated rings. The van der Waals surface area contributed by atoms with Gasteiger partial charge in [-0.1, -0.05) is 12.1 Å². The second-order valence-electron chi connectivity index (χ2n) is 7.17. The Balaban J connectivity index is 1.39. The highest BCUT2D eigenvalue weighted by atomic mass is 16.5. The standard InChI is InChI=1S/C21H21N7O2/c29-19(12-28-6-8-30-9-7-28)24-16-3-1-2-14(10-16)20-17-11-15(21-22-13-23-27-21)4-5-18(17)25-26-20/h1-5,10-11,13H,6-9,12H2,(H,24,29)(H,25,26)(H,22,23,27). The molecule has 5 rings (SSSR count). The van der Waals surface area contributed by atoms with Gasteiger partial charge in [0.15, 0.2) is 5.82 Å². The number of amides is 1. The molecule has 4 aromatic rings. The summed E-state index contributed by atoms with van der Waals surface area (Å²) in [5, 5.41) is 18.4. The van der Waals surface area contributed by atoms with Crippen LogP contribution in [0.25, 0.3) is 33.5 Å². The minimum absolute atomic E-state index is 0.0344. The van der Waals surface area contributed by atoms with Crippen molar-refractivity contribution in [1.29, 1.82) is 0 Å². The molecule has 0 bridgehead atoms. The van der Waals surface area contributed by atoms with Crippen LogP contribution in [0.1, 0.15) is 0 Å². The summed E-state index contributed by atoms with van der Waals surface area (Å²) in [5.41, 5.74) is 4.30. The Bertz CT molecular complexity index is 1160. The predicted molar refractivity (Wildman–Crippen MR) is 113 cm³/mol. The summed E-state index contributed by atoms with van der Waals surface area (Å²) >= 11 is 0. The third-order valence-corrected chi connectivity index (χ3v) is 5.13. The number of carbonyl (C=O) groups excluding carboxylic acids is 1. The van der Waals surface area contributed by atoms with Crippen molar-refractivity contribution in [3.63, 3.8) is 0 Å². The number of nitrogens with zero attached hydrogens (tertiary/aromatic N) is 4. The lowest BCUT2D eigenvalue weighted by atomic mass is 10.0. The van der Waals surface area contributed by atoms with Gasteiger partial charge < -0.3 is 10.1 Å². The highest BCUT2D eigenvalue weighted by Crippen LogP contribution is 2.30. The van der Waals surface area contributed by atoms with Crippen LogP contribution in [0.3, 0.4) is 0 Å². The molecule has 3 heterocycles. The van der Waals surface area contributed by atoms with E-state index in [1.807, 2.05) is 42.5 Å². The van der Waals surface area contributed by atoms with E-state index in [1.165, 1.54) is 0 Å². The number of anilines is 1. The molecule has 2 aromatic heterocycles. The van der Waals surface area contributed by atoms with Gasteiger partial charge in [-0.25, -0.2) is 4.98 Å². The van der Waals surface area contributed by atoms with Crippen LogP contribution in [-0.2, 0) is 9.53 Å². The molecule has 0 atom stereocenters. The van der Waals surface area contributed by atoms with E-state index in [0.29, 0.717) is 25.6 Å². The number of morpholine rings is 1. The SMILES string of the molecule is O=C(CN1CCOCC1)Nc1cccc(-c2n[nH]c3ccc(-c4nc[nH]n4)cc23)c1. The summed E-state index contributed by atoms with van der Waals surface area (Å²) in [4.78, 5) is 18.7. The van der Waals surface area contributed by atoms with Crippen LogP contribution < -0.4 is 5.32 Å². The second kappa shape index (κ2) is 8.05. The van der Waals surface area contributed by atoms with Gasteiger partial charge in [0.2, 0.25) is 5.91 Å². The van der Waals surface area contributed by atoms with Crippen molar-refractivity contribution < 1.29 is 9.53 Å². The molecule has 9 heteroatoms.